The summed E-state index contributed by atoms with van der Waals surface area (Å²) in [6.07, 6.45) is 6.97. The number of carboxylic acid groups (broad SMARTS) is 1. The third-order valence-corrected chi connectivity index (χ3v) is 5.91. The number of anilines is 1. The Balaban J connectivity index is 1.54. The maximum absolute atomic E-state index is 11.3. The topological polar surface area (TPSA) is 156 Å². The number of aryl methyl sites for hydroxylation is 1. The predicted molar refractivity (Wildman–Crippen MR) is 130 cm³/mol. The molecule has 10 nitrogen and oxygen atoms in total. The van der Waals surface area contributed by atoms with Crippen LogP contribution in [0.25, 0.3) is 33.4 Å². The van der Waals surface area contributed by atoms with Crippen molar-refractivity contribution in [3.05, 3.63) is 78.5 Å². The minimum atomic E-state index is -1.37. The van der Waals surface area contributed by atoms with E-state index in [1.807, 2.05) is 36.4 Å². The molecule has 0 aliphatic carbocycles. The van der Waals surface area contributed by atoms with Crippen LogP contribution in [0.4, 0.5) is 5.95 Å². The Hall–Kier alpha value is -4.57. The number of aliphatic hydroxyl groups is 1. The number of hydrogen-bond acceptors (Lipinski definition) is 7. The Kier molecular flexibility index (Phi) is 5.50. The number of fused-ring (bicyclic) bond motifs is 1. The van der Waals surface area contributed by atoms with E-state index in [0.717, 1.165) is 22.1 Å². The molecule has 0 radical (unpaired) electrons. The number of carboxylic acids is 1. The van der Waals surface area contributed by atoms with Crippen LogP contribution >= 0.6 is 0 Å². The quantitative estimate of drug-likeness (QED) is 0.283. The van der Waals surface area contributed by atoms with Gasteiger partial charge in [-0.25, -0.2) is 15.0 Å². The first-order valence-corrected chi connectivity index (χ1v) is 11.0. The van der Waals surface area contributed by atoms with Gasteiger partial charge in [0.1, 0.15) is 11.2 Å². The second kappa shape index (κ2) is 8.65. The number of nitrogens with two attached hydrogens (primary N) is 1. The maximum Gasteiger partial charge on any atom is 0.305 e. The minimum absolute atomic E-state index is 0.00934. The third-order valence-electron chi connectivity index (χ3n) is 5.91. The second-order valence-corrected chi connectivity index (χ2v) is 8.39. The highest BCUT2D eigenvalue weighted by Crippen LogP contribution is 2.34. The number of benzene rings is 1. The molecule has 0 aliphatic heterocycles. The zero-order valence-electron chi connectivity index (χ0n) is 18.9. The van der Waals surface area contributed by atoms with Crippen LogP contribution in [-0.2, 0) is 16.9 Å². The van der Waals surface area contributed by atoms with Crippen molar-refractivity contribution >= 4 is 23.0 Å². The molecule has 0 saturated heterocycles. The molecule has 1 atom stereocenters. The molecule has 5 aromatic rings. The van der Waals surface area contributed by atoms with Gasteiger partial charge in [0.15, 0.2) is 0 Å². The molecule has 0 amide bonds. The number of carbonyl (C=O) groups is 1. The number of hydrogen-bond donors (Lipinski definition) is 4. The lowest BCUT2D eigenvalue weighted by Gasteiger charge is -2.24. The third kappa shape index (κ3) is 4.34. The first-order valence-electron chi connectivity index (χ1n) is 11.0. The van der Waals surface area contributed by atoms with E-state index < -0.39 is 11.6 Å². The molecular formula is C25H23N7O3. The van der Waals surface area contributed by atoms with Crippen molar-refractivity contribution in [3.63, 3.8) is 0 Å². The van der Waals surface area contributed by atoms with E-state index in [-0.39, 0.29) is 18.9 Å². The van der Waals surface area contributed by atoms with Gasteiger partial charge in [-0.3, -0.25) is 9.48 Å². The fourth-order valence-electron chi connectivity index (χ4n) is 3.98. The molecule has 0 bridgehead atoms. The van der Waals surface area contributed by atoms with Crippen molar-refractivity contribution in [2.45, 2.75) is 25.5 Å². The van der Waals surface area contributed by atoms with Crippen LogP contribution in [0.2, 0.25) is 0 Å². The normalized spacial score (nSPS) is 13.1. The molecule has 5 rings (SSSR count). The van der Waals surface area contributed by atoms with Gasteiger partial charge in [0.2, 0.25) is 5.95 Å². The van der Waals surface area contributed by atoms with Crippen LogP contribution in [0.15, 0.2) is 67.3 Å². The van der Waals surface area contributed by atoms with Gasteiger partial charge in [0.25, 0.3) is 0 Å². The number of aromatic amines is 1. The molecule has 0 fully saturated rings. The van der Waals surface area contributed by atoms with Crippen LogP contribution in [0.1, 0.15) is 24.6 Å². The summed E-state index contributed by atoms with van der Waals surface area (Å²) >= 11 is 0. The highest BCUT2D eigenvalue weighted by molar-refractivity contribution is 5.95. The molecular weight excluding hydrogens is 446 g/mol. The number of nitrogen functional groups attached to an aromatic ring is 1. The largest absolute Gasteiger partial charge is 0.481 e. The summed E-state index contributed by atoms with van der Waals surface area (Å²) in [7, 11) is 0. The number of nitrogens with one attached hydrogen (secondary N) is 1. The van der Waals surface area contributed by atoms with Gasteiger partial charge in [-0.05, 0) is 24.6 Å². The van der Waals surface area contributed by atoms with Gasteiger partial charge in [0.05, 0.1) is 30.6 Å². The summed E-state index contributed by atoms with van der Waals surface area (Å²) in [6, 6.07) is 12.9. The molecule has 0 saturated carbocycles. The fourth-order valence-corrected chi connectivity index (χ4v) is 3.98. The Morgan fingerprint density at radius 2 is 1.94 bits per heavy atom. The molecule has 4 heterocycles. The maximum atomic E-state index is 11.3. The van der Waals surface area contributed by atoms with E-state index in [1.165, 1.54) is 0 Å². The Morgan fingerprint density at radius 3 is 2.71 bits per heavy atom. The highest BCUT2D eigenvalue weighted by Gasteiger charge is 2.28. The molecule has 4 aromatic heterocycles. The zero-order chi connectivity index (χ0) is 24.6. The molecule has 5 N–H and O–H groups in total. The first kappa shape index (κ1) is 22.2. The van der Waals surface area contributed by atoms with Crippen LogP contribution in [-0.4, -0.2) is 45.9 Å². The molecule has 1 aromatic carbocycles. The Labute approximate surface area is 200 Å². The van der Waals surface area contributed by atoms with E-state index in [1.54, 1.807) is 42.5 Å². The van der Waals surface area contributed by atoms with Crippen molar-refractivity contribution in [2.24, 2.45) is 0 Å². The van der Waals surface area contributed by atoms with E-state index >= 15 is 0 Å². The van der Waals surface area contributed by atoms with Crippen molar-refractivity contribution in [2.75, 3.05) is 5.73 Å². The minimum Gasteiger partial charge on any atom is -0.481 e. The molecule has 1 unspecified atom stereocenters. The van der Waals surface area contributed by atoms with Crippen LogP contribution < -0.4 is 5.73 Å². The Bertz CT molecular complexity index is 1520. The SMILES string of the molecule is CC(O)(c1ccccc1)c1cc(-c2c[nH]c3ncc(-c4cnn(CCC(=O)O)c4)cc23)nc(N)n1. The van der Waals surface area contributed by atoms with E-state index in [9.17, 15) is 9.90 Å². The van der Waals surface area contributed by atoms with Gasteiger partial charge in [-0.2, -0.15) is 5.10 Å². The zero-order valence-corrected chi connectivity index (χ0v) is 18.9. The van der Waals surface area contributed by atoms with Crippen molar-refractivity contribution in [1.82, 2.24) is 29.7 Å². The first-order chi connectivity index (χ1) is 16.8. The van der Waals surface area contributed by atoms with E-state index in [4.69, 9.17) is 10.8 Å². The van der Waals surface area contributed by atoms with Gasteiger partial charge in [-0.15, -0.1) is 0 Å². The number of pyridine rings is 1. The Morgan fingerprint density at radius 1 is 1.14 bits per heavy atom. The number of aliphatic carboxylic acids is 1. The highest BCUT2D eigenvalue weighted by atomic mass is 16.4. The average molecular weight is 470 g/mol. The number of rotatable bonds is 7. The predicted octanol–water partition coefficient (Wildman–Crippen LogP) is 3.20. The van der Waals surface area contributed by atoms with Crippen LogP contribution in [0.3, 0.4) is 0 Å². The number of nitrogens with zero attached hydrogens (tertiary/aromatic N) is 5. The van der Waals surface area contributed by atoms with Gasteiger partial charge in [-0.1, -0.05) is 30.3 Å². The summed E-state index contributed by atoms with van der Waals surface area (Å²) in [5.41, 5.74) is 9.34. The van der Waals surface area contributed by atoms with E-state index in [0.29, 0.717) is 22.6 Å². The number of H-pyrrole nitrogens is 1. The van der Waals surface area contributed by atoms with Crippen molar-refractivity contribution < 1.29 is 15.0 Å². The van der Waals surface area contributed by atoms with Gasteiger partial charge >= 0.3 is 5.97 Å². The summed E-state index contributed by atoms with van der Waals surface area (Å²) in [4.78, 5) is 27.2. The second-order valence-electron chi connectivity index (χ2n) is 8.39. The molecule has 176 valence electrons. The summed E-state index contributed by atoms with van der Waals surface area (Å²) < 4.78 is 1.59. The molecule has 35 heavy (non-hydrogen) atoms. The number of aromatic nitrogens is 6. The lowest BCUT2D eigenvalue weighted by atomic mass is 9.91. The van der Waals surface area contributed by atoms with Crippen molar-refractivity contribution in [1.29, 1.82) is 0 Å². The summed E-state index contributed by atoms with van der Waals surface area (Å²) in [6.45, 7) is 1.95. The van der Waals surface area contributed by atoms with Gasteiger partial charge < -0.3 is 20.9 Å². The molecule has 0 spiro atoms. The molecule has 10 heteroatoms. The van der Waals surface area contributed by atoms with Crippen LogP contribution in [0.5, 0.6) is 0 Å². The lowest BCUT2D eigenvalue weighted by molar-refractivity contribution is -0.137. The molecule has 0 aliphatic rings. The standard InChI is InChI=1S/C25H23N7O3/c1-25(35,17-5-3-2-4-6-17)21-10-20(30-24(26)31-21)19-13-28-23-18(19)9-15(11-27-23)16-12-29-32(14-16)8-7-22(33)34/h2-6,9-14,35H,7-8H2,1H3,(H,27,28)(H,33,34)(H2,26,30,31). The summed E-state index contributed by atoms with van der Waals surface area (Å²) in [5, 5.41) is 25.2. The van der Waals surface area contributed by atoms with Crippen molar-refractivity contribution in [3.8, 4) is 22.4 Å². The van der Waals surface area contributed by atoms with Crippen LogP contribution in [0, 0.1) is 0 Å². The summed E-state index contributed by atoms with van der Waals surface area (Å²) in [5.74, 6) is -0.830. The smallest absolute Gasteiger partial charge is 0.305 e. The fraction of sp³-hybridized carbons (Fsp3) is 0.160. The monoisotopic (exact) mass is 469 g/mol. The average Bonchev–Trinajstić information content (AvgIpc) is 3.50. The van der Waals surface area contributed by atoms with E-state index in [2.05, 4.69) is 25.0 Å². The van der Waals surface area contributed by atoms with Gasteiger partial charge in [0, 0.05) is 40.7 Å². The lowest BCUT2D eigenvalue weighted by Crippen LogP contribution is -2.25.